The van der Waals surface area contributed by atoms with Crippen LogP contribution in [0.25, 0.3) is 0 Å². The first-order chi connectivity index (χ1) is 9.61. The summed E-state index contributed by atoms with van der Waals surface area (Å²) in [5.74, 6) is 0. The van der Waals surface area contributed by atoms with Gasteiger partial charge in [0.15, 0.2) is 0 Å². The lowest BCUT2D eigenvalue weighted by Gasteiger charge is -2.38. The molecule has 0 radical (unpaired) electrons. The van der Waals surface area contributed by atoms with Crippen molar-refractivity contribution in [3.05, 3.63) is 35.4 Å². The summed E-state index contributed by atoms with van der Waals surface area (Å²) in [6.45, 7) is 3.68. The van der Waals surface area contributed by atoms with E-state index >= 15 is 0 Å². The van der Waals surface area contributed by atoms with Crippen molar-refractivity contribution in [3.8, 4) is 0 Å². The molecule has 1 fully saturated rings. The van der Waals surface area contributed by atoms with E-state index in [1.54, 1.807) is 0 Å². The highest BCUT2D eigenvalue weighted by atomic mass is 16.3. The van der Waals surface area contributed by atoms with Gasteiger partial charge < -0.3 is 15.7 Å². The highest BCUT2D eigenvalue weighted by Crippen LogP contribution is 2.39. The SMILES string of the molecule is CC1(CNC(=O)NCCc2ccc(CO)cc2)CCC1. The number of amides is 2. The average Bonchev–Trinajstić information content (AvgIpc) is 2.44. The Morgan fingerprint density at radius 3 is 2.40 bits per heavy atom. The molecule has 0 spiro atoms. The predicted molar refractivity (Wildman–Crippen MR) is 79.4 cm³/mol. The van der Waals surface area contributed by atoms with E-state index in [-0.39, 0.29) is 12.6 Å². The Labute approximate surface area is 120 Å². The smallest absolute Gasteiger partial charge is 0.314 e. The molecule has 2 rings (SSSR count). The number of rotatable bonds is 6. The second-order valence-electron chi connectivity index (χ2n) is 6.00. The molecule has 20 heavy (non-hydrogen) atoms. The van der Waals surface area contributed by atoms with E-state index in [1.807, 2.05) is 24.3 Å². The summed E-state index contributed by atoms with van der Waals surface area (Å²) in [5.41, 5.74) is 2.39. The van der Waals surface area contributed by atoms with Crippen LogP contribution < -0.4 is 10.6 Å². The third-order valence-electron chi connectivity index (χ3n) is 4.14. The lowest BCUT2D eigenvalue weighted by atomic mass is 9.70. The van der Waals surface area contributed by atoms with E-state index in [1.165, 1.54) is 19.3 Å². The van der Waals surface area contributed by atoms with Crippen LogP contribution in [0.1, 0.15) is 37.3 Å². The van der Waals surface area contributed by atoms with Crippen molar-refractivity contribution in [2.24, 2.45) is 5.41 Å². The Kier molecular flexibility index (Phi) is 5.01. The molecule has 2 amide bonds. The molecule has 4 nitrogen and oxygen atoms in total. The van der Waals surface area contributed by atoms with Crippen LogP contribution in [0, 0.1) is 5.41 Å². The van der Waals surface area contributed by atoms with E-state index in [4.69, 9.17) is 5.11 Å². The zero-order valence-corrected chi connectivity index (χ0v) is 12.1. The van der Waals surface area contributed by atoms with Gasteiger partial charge in [-0.3, -0.25) is 0 Å². The molecule has 3 N–H and O–H groups in total. The zero-order valence-electron chi connectivity index (χ0n) is 12.1. The van der Waals surface area contributed by atoms with Gasteiger partial charge >= 0.3 is 6.03 Å². The van der Waals surface area contributed by atoms with Gasteiger partial charge in [0, 0.05) is 13.1 Å². The predicted octanol–water partition coefficient (Wildman–Crippen LogP) is 2.21. The quantitative estimate of drug-likeness (QED) is 0.746. The fourth-order valence-corrected chi connectivity index (χ4v) is 2.44. The van der Waals surface area contributed by atoms with Gasteiger partial charge in [0.25, 0.3) is 0 Å². The summed E-state index contributed by atoms with van der Waals surface area (Å²) >= 11 is 0. The molecule has 1 aromatic rings. The second kappa shape index (κ2) is 6.75. The molecule has 110 valence electrons. The first-order valence-corrected chi connectivity index (χ1v) is 7.32. The maximum atomic E-state index is 11.7. The number of benzene rings is 1. The molecule has 1 aromatic carbocycles. The summed E-state index contributed by atoms with van der Waals surface area (Å²) in [5, 5.41) is 14.8. The van der Waals surface area contributed by atoms with Crippen LogP contribution >= 0.6 is 0 Å². The van der Waals surface area contributed by atoms with E-state index in [0.717, 1.165) is 24.1 Å². The normalized spacial score (nSPS) is 16.3. The molecule has 0 heterocycles. The van der Waals surface area contributed by atoms with Gasteiger partial charge in [0.1, 0.15) is 0 Å². The first kappa shape index (κ1) is 14.9. The van der Waals surface area contributed by atoms with Crippen LogP contribution in [0.15, 0.2) is 24.3 Å². The Balaban J connectivity index is 1.63. The molecule has 0 unspecified atom stereocenters. The number of carbonyl (C=O) groups is 1. The molecule has 0 bridgehead atoms. The van der Waals surface area contributed by atoms with Crippen molar-refractivity contribution in [3.63, 3.8) is 0 Å². The van der Waals surface area contributed by atoms with Gasteiger partial charge in [-0.15, -0.1) is 0 Å². The topological polar surface area (TPSA) is 61.4 Å². The van der Waals surface area contributed by atoms with Gasteiger partial charge in [-0.25, -0.2) is 4.79 Å². The zero-order chi connectivity index (χ0) is 14.4. The Hall–Kier alpha value is -1.55. The number of aliphatic hydroxyl groups excluding tert-OH is 1. The van der Waals surface area contributed by atoms with Crippen LogP contribution in [0.2, 0.25) is 0 Å². The van der Waals surface area contributed by atoms with Crippen LogP contribution in [-0.2, 0) is 13.0 Å². The van der Waals surface area contributed by atoms with Crippen molar-refractivity contribution in [1.82, 2.24) is 10.6 Å². The maximum Gasteiger partial charge on any atom is 0.314 e. The molecule has 0 saturated heterocycles. The second-order valence-corrected chi connectivity index (χ2v) is 6.00. The lowest BCUT2D eigenvalue weighted by molar-refractivity contribution is 0.157. The van der Waals surface area contributed by atoms with Crippen LogP contribution in [-0.4, -0.2) is 24.2 Å². The standard InChI is InChI=1S/C16H24N2O2/c1-16(8-2-9-16)12-18-15(20)17-10-7-13-3-5-14(11-19)6-4-13/h3-6,19H,2,7-12H2,1H3,(H2,17,18,20). The number of carbonyl (C=O) groups excluding carboxylic acids is 1. The van der Waals surface area contributed by atoms with Gasteiger partial charge in [0.05, 0.1) is 6.61 Å². The minimum Gasteiger partial charge on any atom is -0.392 e. The van der Waals surface area contributed by atoms with Gasteiger partial charge in [-0.2, -0.15) is 0 Å². The lowest BCUT2D eigenvalue weighted by Crippen LogP contribution is -2.44. The van der Waals surface area contributed by atoms with E-state index in [9.17, 15) is 4.79 Å². The number of hydrogen-bond donors (Lipinski definition) is 3. The van der Waals surface area contributed by atoms with Gasteiger partial charge in [-0.1, -0.05) is 37.6 Å². The van der Waals surface area contributed by atoms with E-state index in [2.05, 4.69) is 17.6 Å². The Bertz CT molecular complexity index is 438. The van der Waals surface area contributed by atoms with Crippen molar-refractivity contribution in [2.75, 3.05) is 13.1 Å². The van der Waals surface area contributed by atoms with E-state index < -0.39 is 0 Å². The fraction of sp³-hybridized carbons (Fsp3) is 0.562. The third-order valence-corrected chi connectivity index (χ3v) is 4.14. The minimum atomic E-state index is -0.0786. The molecule has 1 aliphatic carbocycles. The van der Waals surface area contributed by atoms with Crippen LogP contribution in [0.3, 0.4) is 0 Å². The monoisotopic (exact) mass is 276 g/mol. The van der Waals surface area contributed by atoms with Crippen molar-refractivity contribution in [2.45, 2.75) is 39.2 Å². The summed E-state index contributed by atoms with van der Waals surface area (Å²) in [4.78, 5) is 11.7. The molecule has 0 atom stereocenters. The van der Waals surface area contributed by atoms with Crippen molar-refractivity contribution >= 4 is 6.03 Å². The molecule has 0 aliphatic heterocycles. The molecule has 1 saturated carbocycles. The largest absolute Gasteiger partial charge is 0.392 e. The minimum absolute atomic E-state index is 0.0692. The fourth-order valence-electron chi connectivity index (χ4n) is 2.44. The number of aliphatic hydroxyl groups is 1. The van der Waals surface area contributed by atoms with Crippen LogP contribution in [0.5, 0.6) is 0 Å². The Morgan fingerprint density at radius 2 is 1.85 bits per heavy atom. The van der Waals surface area contributed by atoms with Crippen molar-refractivity contribution in [1.29, 1.82) is 0 Å². The summed E-state index contributed by atoms with van der Waals surface area (Å²) in [6.07, 6.45) is 4.51. The summed E-state index contributed by atoms with van der Waals surface area (Å²) in [7, 11) is 0. The third kappa shape index (κ3) is 4.23. The maximum absolute atomic E-state index is 11.7. The van der Waals surface area contributed by atoms with E-state index in [0.29, 0.717) is 12.0 Å². The Morgan fingerprint density at radius 1 is 1.20 bits per heavy atom. The van der Waals surface area contributed by atoms with Gasteiger partial charge in [0.2, 0.25) is 0 Å². The summed E-state index contributed by atoms with van der Waals surface area (Å²) in [6, 6.07) is 7.71. The number of hydrogen-bond acceptors (Lipinski definition) is 2. The molecule has 0 aromatic heterocycles. The number of urea groups is 1. The molecular formula is C16H24N2O2. The first-order valence-electron chi connectivity index (χ1n) is 7.32. The highest BCUT2D eigenvalue weighted by Gasteiger charge is 2.31. The summed E-state index contributed by atoms with van der Waals surface area (Å²) < 4.78 is 0. The molecule has 4 heteroatoms. The van der Waals surface area contributed by atoms with Gasteiger partial charge in [-0.05, 0) is 35.8 Å². The number of nitrogens with one attached hydrogen (secondary N) is 2. The average molecular weight is 276 g/mol. The molecular weight excluding hydrogens is 252 g/mol. The highest BCUT2D eigenvalue weighted by molar-refractivity contribution is 5.73. The molecule has 1 aliphatic rings. The van der Waals surface area contributed by atoms with Crippen molar-refractivity contribution < 1.29 is 9.90 Å². The van der Waals surface area contributed by atoms with Crippen LogP contribution in [0.4, 0.5) is 4.79 Å².